The monoisotopic (exact) mass is 431 g/mol. The molecule has 4 rings (SSSR count). The van der Waals surface area contributed by atoms with Gasteiger partial charge in [-0.25, -0.2) is 0 Å². The van der Waals surface area contributed by atoms with Crippen LogP contribution >= 0.6 is 27.3 Å². The quantitative estimate of drug-likeness (QED) is 0.602. The van der Waals surface area contributed by atoms with E-state index < -0.39 is 0 Å². The molecule has 1 aliphatic rings. The molecule has 7 heteroatoms. The largest absolute Gasteiger partial charge is 0.339 e. The summed E-state index contributed by atoms with van der Waals surface area (Å²) in [6.45, 7) is 1.52. The molecular formula is C19H18BrN3O2S. The van der Waals surface area contributed by atoms with Gasteiger partial charge in [0.15, 0.2) is 0 Å². The minimum Gasteiger partial charge on any atom is -0.339 e. The number of hydrogen-bond donors (Lipinski definition) is 0. The second kappa shape index (κ2) is 7.72. The molecule has 1 unspecified atom stereocenters. The third kappa shape index (κ3) is 3.88. The van der Waals surface area contributed by atoms with E-state index in [-0.39, 0.29) is 5.91 Å². The standard InChI is InChI=1S/C19H18BrN3O2S/c20-16-5-1-4-14(10-16)19(24)23-7-2-3-13(11-23)9-17-21-18(22-25-17)15-6-8-26-12-15/h1,4-6,8,10,12-13H,2-3,7,9,11H2. The van der Waals surface area contributed by atoms with Gasteiger partial charge in [-0.05, 0) is 48.4 Å². The Morgan fingerprint density at radius 2 is 2.31 bits per heavy atom. The zero-order valence-corrected chi connectivity index (χ0v) is 16.5. The molecule has 0 saturated carbocycles. The lowest BCUT2D eigenvalue weighted by Gasteiger charge is -2.32. The number of nitrogens with zero attached hydrogens (tertiary/aromatic N) is 3. The van der Waals surface area contributed by atoms with Crippen molar-refractivity contribution in [3.63, 3.8) is 0 Å². The van der Waals surface area contributed by atoms with E-state index in [0.29, 0.717) is 24.1 Å². The van der Waals surface area contributed by atoms with Gasteiger partial charge in [-0.3, -0.25) is 4.79 Å². The topological polar surface area (TPSA) is 59.2 Å². The fourth-order valence-electron chi connectivity index (χ4n) is 3.31. The van der Waals surface area contributed by atoms with Crippen LogP contribution in [0.4, 0.5) is 0 Å². The molecule has 0 radical (unpaired) electrons. The van der Waals surface area contributed by atoms with Crippen LogP contribution in [0.1, 0.15) is 29.1 Å². The molecule has 0 N–H and O–H groups in total. The van der Waals surface area contributed by atoms with E-state index in [1.54, 1.807) is 11.3 Å². The van der Waals surface area contributed by atoms with Crippen LogP contribution in [0.5, 0.6) is 0 Å². The van der Waals surface area contributed by atoms with E-state index in [4.69, 9.17) is 4.52 Å². The van der Waals surface area contributed by atoms with Crippen molar-refractivity contribution >= 4 is 33.2 Å². The minimum absolute atomic E-state index is 0.0838. The number of likely N-dealkylation sites (tertiary alicyclic amines) is 1. The number of benzene rings is 1. The Balaban J connectivity index is 1.41. The minimum atomic E-state index is 0.0838. The predicted molar refractivity (Wildman–Crippen MR) is 104 cm³/mol. The highest BCUT2D eigenvalue weighted by molar-refractivity contribution is 9.10. The number of carbonyl (C=O) groups is 1. The molecule has 0 aliphatic carbocycles. The number of amides is 1. The van der Waals surface area contributed by atoms with Gasteiger partial charge in [-0.15, -0.1) is 0 Å². The maximum Gasteiger partial charge on any atom is 0.253 e. The van der Waals surface area contributed by atoms with Crippen molar-refractivity contribution < 1.29 is 9.32 Å². The highest BCUT2D eigenvalue weighted by atomic mass is 79.9. The average molecular weight is 432 g/mol. The smallest absolute Gasteiger partial charge is 0.253 e. The number of hydrogen-bond acceptors (Lipinski definition) is 5. The fraction of sp³-hybridized carbons (Fsp3) is 0.316. The van der Waals surface area contributed by atoms with Crippen LogP contribution in [0.25, 0.3) is 11.4 Å². The Labute approximate surface area is 164 Å². The van der Waals surface area contributed by atoms with Crippen molar-refractivity contribution in [2.24, 2.45) is 5.92 Å². The summed E-state index contributed by atoms with van der Waals surface area (Å²) >= 11 is 5.04. The number of halogens is 1. The lowest BCUT2D eigenvalue weighted by Crippen LogP contribution is -2.40. The van der Waals surface area contributed by atoms with Gasteiger partial charge < -0.3 is 9.42 Å². The van der Waals surface area contributed by atoms with Crippen LogP contribution in [0, 0.1) is 5.92 Å². The molecule has 5 nitrogen and oxygen atoms in total. The third-order valence-corrected chi connectivity index (χ3v) is 5.77. The Hall–Kier alpha value is -1.99. The number of carbonyl (C=O) groups excluding carboxylic acids is 1. The molecule has 1 aliphatic heterocycles. The summed E-state index contributed by atoms with van der Waals surface area (Å²) in [5.74, 6) is 1.71. The van der Waals surface area contributed by atoms with Crippen LogP contribution in [0.3, 0.4) is 0 Å². The molecule has 2 aromatic heterocycles. The molecule has 0 bridgehead atoms. The van der Waals surface area contributed by atoms with Gasteiger partial charge in [-0.2, -0.15) is 16.3 Å². The first-order valence-electron chi connectivity index (χ1n) is 8.59. The summed E-state index contributed by atoms with van der Waals surface area (Å²) in [4.78, 5) is 19.2. The molecule has 1 amide bonds. The van der Waals surface area contributed by atoms with Crippen LogP contribution in [0.2, 0.25) is 0 Å². The maximum absolute atomic E-state index is 12.8. The van der Waals surface area contributed by atoms with Crippen molar-refractivity contribution in [1.29, 1.82) is 0 Å². The van der Waals surface area contributed by atoms with Crippen LogP contribution < -0.4 is 0 Å². The molecule has 3 aromatic rings. The van der Waals surface area contributed by atoms with Gasteiger partial charge in [0.2, 0.25) is 11.7 Å². The fourth-order valence-corrected chi connectivity index (χ4v) is 4.35. The molecule has 3 heterocycles. The molecule has 0 spiro atoms. The molecule has 1 aromatic carbocycles. The zero-order chi connectivity index (χ0) is 17.9. The van der Waals surface area contributed by atoms with Crippen LogP contribution in [-0.2, 0) is 6.42 Å². The van der Waals surface area contributed by atoms with Crippen molar-refractivity contribution in [1.82, 2.24) is 15.0 Å². The van der Waals surface area contributed by atoms with Crippen molar-refractivity contribution in [3.05, 3.63) is 57.0 Å². The number of thiophene rings is 1. The van der Waals surface area contributed by atoms with E-state index in [1.165, 1.54) is 0 Å². The first-order chi connectivity index (χ1) is 12.7. The first kappa shape index (κ1) is 17.4. The highest BCUT2D eigenvalue weighted by Gasteiger charge is 2.26. The normalized spacial score (nSPS) is 17.4. The Bertz CT molecular complexity index is 894. The predicted octanol–water partition coefficient (Wildman–Crippen LogP) is 4.66. The van der Waals surface area contributed by atoms with Gasteiger partial charge in [0.25, 0.3) is 5.91 Å². The van der Waals surface area contributed by atoms with Gasteiger partial charge in [0, 0.05) is 40.5 Å². The maximum atomic E-state index is 12.8. The van der Waals surface area contributed by atoms with E-state index in [2.05, 4.69) is 26.1 Å². The molecule has 26 heavy (non-hydrogen) atoms. The molecule has 1 saturated heterocycles. The zero-order valence-electron chi connectivity index (χ0n) is 14.1. The molecule has 1 fully saturated rings. The summed E-state index contributed by atoms with van der Waals surface area (Å²) < 4.78 is 6.34. The van der Waals surface area contributed by atoms with Gasteiger partial charge in [-0.1, -0.05) is 27.2 Å². The summed E-state index contributed by atoms with van der Waals surface area (Å²) in [5, 5.41) is 8.08. The molecule has 134 valence electrons. The SMILES string of the molecule is O=C(c1cccc(Br)c1)N1CCCC(Cc2nc(-c3ccsc3)no2)C1. The number of rotatable bonds is 4. The van der Waals surface area contributed by atoms with Gasteiger partial charge in [0.05, 0.1) is 0 Å². The summed E-state index contributed by atoms with van der Waals surface area (Å²) in [7, 11) is 0. The Morgan fingerprint density at radius 3 is 3.12 bits per heavy atom. The van der Waals surface area contributed by atoms with Crippen LogP contribution in [-0.4, -0.2) is 34.0 Å². The van der Waals surface area contributed by atoms with Crippen molar-refractivity contribution in [2.45, 2.75) is 19.3 Å². The Morgan fingerprint density at radius 1 is 1.38 bits per heavy atom. The second-order valence-corrected chi connectivity index (χ2v) is 8.19. The lowest BCUT2D eigenvalue weighted by atomic mass is 9.94. The Kier molecular flexibility index (Phi) is 5.17. The summed E-state index contributed by atoms with van der Waals surface area (Å²) in [6.07, 6.45) is 2.77. The average Bonchev–Trinajstić information content (AvgIpc) is 3.33. The van der Waals surface area contributed by atoms with E-state index >= 15 is 0 Å². The second-order valence-electron chi connectivity index (χ2n) is 6.50. The summed E-state index contributed by atoms with van der Waals surface area (Å²) in [5.41, 5.74) is 1.71. The highest BCUT2D eigenvalue weighted by Crippen LogP contribution is 2.24. The third-order valence-electron chi connectivity index (χ3n) is 4.59. The van der Waals surface area contributed by atoms with E-state index in [9.17, 15) is 4.79 Å². The number of aromatic nitrogens is 2. The van der Waals surface area contributed by atoms with Gasteiger partial charge >= 0.3 is 0 Å². The van der Waals surface area contributed by atoms with Crippen molar-refractivity contribution in [2.75, 3.05) is 13.1 Å². The lowest BCUT2D eigenvalue weighted by molar-refractivity contribution is 0.0668. The first-order valence-corrected chi connectivity index (χ1v) is 10.3. The molecular weight excluding hydrogens is 414 g/mol. The van der Waals surface area contributed by atoms with Crippen LogP contribution in [0.15, 0.2) is 50.1 Å². The van der Waals surface area contributed by atoms with E-state index in [1.807, 2.05) is 46.0 Å². The summed E-state index contributed by atoms with van der Waals surface area (Å²) in [6, 6.07) is 9.54. The molecule has 1 atom stereocenters. The van der Waals surface area contributed by atoms with E-state index in [0.717, 1.165) is 41.5 Å². The van der Waals surface area contributed by atoms with Gasteiger partial charge in [0.1, 0.15) is 0 Å². The number of piperidine rings is 1. The van der Waals surface area contributed by atoms with Crippen molar-refractivity contribution in [3.8, 4) is 11.4 Å².